The van der Waals surface area contributed by atoms with E-state index in [-0.39, 0.29) is 24.0 Å². The maximum absolute atomic E-state index is 13.8. The van der Waals surface area contributed by atoms with Gasteiger partial charge in [-0.25, -0.2) is 14.4 Å². The second-order valence-corrected chi connectivity index (χ2v) is 15.1. The SMILES string of the molecule is CN1CC[C@]23c4c5ccc(OC(=O)OC(C)(C)C)c4O[C@H]2C(OC(=O)C2OC(C)(C)O[C@H]2C(=O)OC(C)(C)C)=CC[C@@]3(O)[C@H]1C5. The van der Waals surface area contributed by atoms with E-state index in [4.69, 9.17) is 33.2 Å². The zero-order chi connectivity index (χ0) is 32.9. The minimum Gasteiger partial charge on any atom is -0.477 e. The lowest BCUT2D eigenvalue weighted by Gasteiger charge is -2.61. The lowest BCUT2D eigenvalue weighted by Crippen LogP contribution is -2.74. The van der Waals surface area contributed by atoms with E-state index in [1.54, 1.807) is 67.5 Å². The summed E-state index contributed by atoms with van der Waals surface area (Å²) < 4.78 is 40.8. The minimum atomic E-state index is -1.41. The third-order valence-electron chi connectivity index (χ3n) is 9.11. The maximum atomic E-state index is 13.8. The molecule has 246 valence electrons. The van der Waals surface area contributed by atoms with Crippen LogP contribution in [0.25, 0.3) is 0 Å². The molecule has 12 heteroatoms. The number of likely N-dealkylation sites (tertiary alicyclic amines) is 1. The highest BCUT2D eigenvalue weighted by Gasteiger charge is 2.72. The van der Waals surface area contributed by atoms with Crippen LogP contribution in [0, 0.1) is 0 Å². The molecule has 1 aromatic rings. The summed E-state index contributed by atoms with van der Waals surface area (Å²) in [6.45, 7) is 14.2. The summed E-state index contributed by atoms with van der Waals surface area (Å²) in [4.78, 5) is 41.7. The van der Waals surface area contributed by atoms with Gasteiger partial charge in [-0.1, -0.05) is 6.07 Å². The van der Waals surface area contributed by atoms with Crippen LogP contribution in [0.3, 0.4) is 0 Å². The smallest absolute Gasteiger partial charge is 0.477 e. The van der Waals surface area contributed by atoms with Crippen LogP contribution in [0.4, 0.5) is 4.79 Å². The van der Waals surface area contributed by atoms with Crippen molar-refractivity contribution in [3.8, 4) is 11.5 Å². The van der Waals surface area contributed by atoms with Crippen molar-refractivity contribution in [3.05, 3.63) is 35.1 Å². The topological polar surface area (TPSA) is 139 Å². The molecule has 0 saturated carbocycles. The van der Waals surface area contributed by atoms with Gasteiger partial charge in [-0.2, -0.15) is 0 Å². The molecule has 2 fully saturated rings. The van der Waals surface area contributed by atoms with Crippen LogP contribution >= 0.6 is 0 Å². The zero-order valence-corrected chi connectivity index (χ0v) is 27.3. The fourth-order valence-electron chi connectivity index (χ4n) is 7.51. The lowest BCUT2D eigenvalue weighted by molar-refractivity contribution is -0.180. The highest BCUT2D eigenvalue weighted by Crippen LogP contribution is 2.65. The van der Waals surface area contributed by atoms with E-state index in [0.29, 0.717) is 25.1 Å². The third kappa shape index (κ3) is 5.19. The Morgan fingerprint density at radius 2 is 1.60 bits per heavy atom. The van der Waals surface area contributed by atoms with Crippen LogP contribution < -0.4 is 9.47 Å². The van der Waals surface area contributed by atoms with Gasteiger partial charge in [0, 0.05) is 18.0 Å². The lowest BCUT2D eigenvalue weighted by atomic mass is 9.50. The molecule has 2 saturated heterocycles. The molecule has 0 amide bonds. The van der Waals surface area contributed by atoms with E-state index in [9.17, 15) is 19.5 Å². The van der Waals surface area contributed by atoms with Gasteiger partial charge in [0.1, 0.15) is 17.0 Å². The van der Waals surface area contributed by atoms with Crippen molar-refractivity contribution in [1.29, 1.82) is 0 Å². The van der Waals surface area contributed by atoms with Crippen molar-refractivity contribution in [3.63, 3.8) is 0 Å². The number of carbonyl (C=O) groups is 3. The molecule has 6 atom stereocenters. The molecule has 5 aliphatic rings. The van der Waals surface area contributed by atoms with Gasteiger partial charge in [0.15, 0.2) is 35.6 Å². The number of piperidine rings is 1. The van der Waals surface area contributed by atoms with Gasteiger partial charge in [-0.15, -0.1) is 0 Å². The second-order valence-electron chi connectivity index (χ2n) is 15.1. The Labute approximate surface area is 262 Å². The largest absolute Gasteiger partial charge is 0.514 e. The quantitative estimate of drug-likeness (QED) is 0.295. The number of rotatable bonds is 4. The Bertz CT molecular complexity index is 1470. The molecule has 0 radical (unpaired) electrons. The van der Waals surface area contributed by atoms with Crippen molar-refractivity contribution < 1.29 is 52.6 Å². The van der Waals surface area contributed by atoms with Crippen LogP contribution in [0.1, 0.15) is 79.4 Å². The van der Waals surface area contributed by atoms with Gasteiger partial charge in [0.2, 0.25) is 0 Å². The molecule has 6 rings (SSSR count). The molecule has 2 aliphatic carbocycles. The molecule has 0 aromatic heterocycles. The molecule has 1 N–H and O–H groups in total. The Morgan fingerprint density at radius 3 is 2.24 bits per heavy atom. The van der Waals surface area contributed by atoms with Crippen LogP contribution in [0.2, 0.25) is 0 Å². The number of hydrogen-bond acceptors (Lipinski definition) is 12. The van der Waals surface area contributed by atoms with Crippen LogP contribution in [0.5, 0.6) is 11.5 Å². The van der Waals surface area contributed by atoms with Gasteiger partial charge in [0.05, 0.1) is 11.0 Å². The van der Waals surface area contributed by atoms with Gasteiger partial charge in [0.25, 0.3) is 0 Å². The van der Waals surface area contributed by atoms with Gasteiger partial charge in [-0.05, 0) is 99.5 Å². The van der Waals surface area contributed by atoms with Crippen molar-refractivity contribution in [2.75, 3.05) is 13.6 Å². The Hall–Kier alpha value is -3.19. The average Bonchev–Trinajstić information content (AvgIpc) is 3.41. The van der Waals surface area contributed by atoms with E-state index in [1.807, 2.05) is 13.1 Å². The summed E-state index contributed by atoms with van der Waals surface area (Å²) in [6, 6.07) is 3.32. The number of benzene rings is 1. The molecule has 1 aromatic carbocycles. The normalized spacial score (nSPS) is 33.0. The standard InChI is InChI=1S/C33H43NO11/c1-29(2,3)44-27(36)24-23(42-31(7,8)43-24)26(35)39-19-12-13-33(38)20-16-17-10-11-18(40-28(37)45-30(4,5)6)22-21(17)32(33,25(19)41-22)14-15-34(20)9/h10-12,20,23-25,38H,13-16H2,1-9H3/t20-,23?,24-,25+,32+,33-/m1/s1. The van der Waals surface area contributed by atoms with E-state index in [0.717, 1.165) is 11.1 Å². The molecule has 45 heavy (non-hydrogen) atoms. The predicted octanol–water partition coefficient (Wildman–Crippen LogP) is 3.68. The minimum absolute atomic E-state index is 0.149. The number of aliphatic hydroxyl groups is 1. The number of carbonyl (C=O) groups excluding carboxylic acids is 3. The number of hydrogen-bond donors (Lipinski definition) is 1. The first-order valence-corrected chi connectivity index (χ1v) is 15.4. The Balaban J connectivity index is 1.35. The first-order chi connectivity index (χ1) is 20.7. The monoisotopic (exact) mass is 629 g/mol. The van der Waals surface area contributed by atoms with Crippen LogP contribution in [-0.2, 0) is 45.1 Å². The number of ether oxygens (including phenoxy) is 7. The summed E-state index contributed by atoms with van der Waals surface area (Å²) in [5.74, 6) is -2.22. The number of esters is 2. The molecule has 3 aliphatic heterocycles. The van der Waals surface area contributed by atoms with Gasteiger partial charge < -0.3 is 43.2 Å². The van der Waals surface area contributed by atoms with Crippen molar-refractivity contribution in [2.24, 2.45) is 0 Å². The zero-order valence-electron chi connectivity index (χ0n) is 27.3. The molecule has 3 heterocycles. The van der Waals surface area contributed by atoms with E-state index in [2.05, 4.69) is 4.90 Å². The summed E-state index contributed by atoms with van der Waals surface area (Å²) in [5.41, 5.74) is -2.16. The van der Waals surface area contributed by atoms with Gasteiger partial charge in [-0.3, -0.25) is 0 Å². The number of nitrogens with zero attached hydrogens (tertiary/aromatic N) is 1. The molecule has 1 spiro atoms. The fraction of sp³-hybridized carbons (Fsp3) is 0.667. The summed E-state index contributed by atoms with van der Waals surface area (Å²) >= 11 is 0. The predicted molar refractivity (Wildman–Crippen MR) is 158 cm³/mol. The summed E-state index contributed by atoms with van der Waals surface area (Å²) in [7, 11) is 1.99. The maximum Gasteiger partial charge on any atom is 0.514 e. The van der Waals surface area contributed by atoms with Gasteiger partial charge >= 0.3 is 18.1 Å². The summed E-state index contributed by atoms with van der Waals surface area (Å²) in [6.07, 6.45) is -1.68. The van der Waals surface area contributed by atoms with Crippen molar-refractivity contribution in [1.82, 2.24) is 4.90 Å². The number of likely N-dealkylation sites (N-methyl/N-ethyl adjacent to an activating group) is 1. The van der Waals surface area contributed by atoms with E-state index in [1.165, 1.54) is 0 Å². The third-order valence-corrected chi connectivity index (χ3v) is 9.11. The molecule has 1 unspecified atom stereocenters. The molecular weight excluding hydrogens is 586 g/mol. The summed E-state index contributed by atoms with van der Waals surface area (Å²) in [5, 5.41) is 12.5. The van der Waals surface area contributed by atoms with Crippen molar-refractivity contribution >= 4 is 18.1 Å². The molecule has 2 bridgehead atoms. The molecule has 12 nitrogen and oxygen atoms in total. The first kappa shape index (κ1) is 31.8. The van der Waals surface area contributed by atoms with E-state index < -0.39 is 64.4 Å². The van der Waals surface area contributed by atoms with E-state index >= 15 is 0 Å². The Morgan fingerprint density at radius 1 is 0.956 bits per heavy atom. The van der Waals surface area contributed by atoms with Crippen molar-refractivity contribution in [2.45, 2.75) is 127 Å². The Kier molecular flexibility index (Phi) is 7.17. The first-order valence-electron chi connectivity index (χ1n) is 15.4. The fourth-order valence-corrected chi connectivity index (χ4v) is 7.51. The van der Waals surface area contributed by atoms with Crippen LogP contribution in [0.15, 0.2) is 24.0 Å². The second kappa shape index (κ2) is 10.2. The highest BCUT2D eigenvalue weighted by atomic mass is 16.8. The average molecular weight is 630 g/mol. The highest BCUT2D eigenvalue weighted by molar-refractivity contribution is 5.87. The van der Waals surface area contributed by atoms with Crippen LogP contribution in [-0.4, -0.2) is 88.6 Å². The molecular formula is C33H43NO11.